The van der Waals surface area contributed by atoms with Gasteiger partial charge in [0.1, 0.15) is 0 Å². The number of nitrogens with zero attached hydrogens (tertiary/aromatic N) is 1. The standard InChI is InChI=1S/C15H24N2OS/c1-11(16)15(14-7-4-10-19-14)17-8-9-18-13-6-3-2-5-12(13)17/h4,7,10-13,15H,2-3,5-6,8-9,16H2,1H3. The normalized spacial score (nSPS) is 31.7. The summed E-state index contributed by atoms with van der Waals surface area (Å²) in [5.41, 5.74) is 6.30. The molecule has 1 saturated carbocycles. The Kier molecular flexibility index (Phi) is 4.22. The zero-order valence-electron chi connectivity index (χ0n) is 11.6. The SMILES string of the molecule is CC(N)C(c1cccs1)N1CCOC2CCCCC21. The fraction of sp³-hybridized carbons (Fsp3) is 0.733. The van der Waals surface area contributed by atoms with Crippen molar-refractivity contribution in [2.45, 2.75) is 56.8 Å². The minimum absolute atomic E-state index is 0.166. The van der Waals surface area contributed by atoms with E-state index in [-0.39, 0.29) is 6.04 Å². The van der Waals surface area contributed by atoms with Gasteiger partial charge in [0.25, 0.3) is 0 Å². The predicted octanol–water partition coefficient (Wildman–Crippen LogP) is 2.78. The molecule has 0 amide bonds. The summed E-state index contributed by atoms with van der Waals surface area (Å²) in [4.78, 5) is 4.03. The molecule has 2 fully saturated rings. The highest BCUT2D eigenvalue weighted by Crippen LogP contribution is 2.36. The van der Waals surface area contributed by atoms with E-state index in [1.807, 2.05) is 11.3 Å². The average molecular weight is 280 g/mol. The number of thiophene rings is 1. The molecule has 1 aromatic heterocycles. The molecular weight excluding hydrogens is 256 g/mol. The van der Waals surface area contributed by atoms with Crippen molar-refractivity contribution in [2.24, 2.45) is 5.73 Å². The Bertz CT molecular complexity index is 391. The molecule has 2 aliphatic rings. The van der Waals surface area contributed by atoms with E-state index in [0.717, 1.165) is 13.2 Å². The lowest BCUT2D eigenvalue weighted by molar-refractivity contribution is -0.105. The first kappa shape index (κ1) is 13.6. The minimum Gasteiger partial charge on any atom is -0.375 e. The second kappa shape index (κ2) is 5.92. The Morgan fingerprint density at radius 2 is 2.26 bits per heavy atom. The lowest BCUT2D eigenvalue weighted by Gasteiger charge is -2.48. The second-order valence-corrected chi connectivity index (χ2v) is 6.80. The van der Waals surface area contributed by atoms with Crippen LogP contribution in [0.25, 0.3) is 0 Å². The molecule has 0 radical (unpaired) electrons. The molecular formula is C15H24N2OS. The first-order valence-electron chi connectivity index (χ1n) is 7.43. The van der Waals surface area contributed by atoms with E-state index >= 15 is 0 Å². The fourth-order valence-corrected chi connectivity index (χ4v) is 4.62. The first-order chi connectivity index (χ1) is 9.27. The largest absolute Gasteiger partial charge is 0.375 e. The predicted molar refractivity (Wildman–Crippen MR) is 79.4 cm³/mol. The molecule has 0 spiro atoms. The van der Waals surface area contributed by atoms with Gasteiger partial charge in [-0.1, -0.05) is 18.9 Å². The molecule has 2 N–H and O–H groups in total. The molecule has 1 aromatic rings. The molecule has 19 heavy (non-hydrogen) atoms. The number of nitrogens with two attached hydrogens (primary N) is 1. The summed E-state index contributed by atoms with van der Waals surface area (Å²) in [6, 6.07) is 5.45. The summed E-state index contributed by atoms with van der Waals surface area (Å²) < 4.78 is 5.98. The second-order valence-electron chi connectivity index (χ2n) is 5.82. The topological polar surface area (TPSA) is 38.5 Å². The van der Waals surface area contributed by atoms with Crippen molar-refractivity contribution in [3.63, 3.8) is 0 Å². The quantitative estimate of drug-likeness (QED) is 0.925. The lowest BCUT2D eigenvalue weighted by Crippen LogP contribution is -2.56. The number of fused-ring (bicyclic) bond motifs is 1. The Balaban J connectivity index is 1.84. The molecule has 4 unspecified atom stereocenters. The maximum atomic E-state index is 6.30. The van der Waals surface area contributed by atoms with E-state index < -0.39 is 0 Å². The molecule has 1 saturated heterocycles. The summed E-state index contributed by atoms with van der Waals surface area (Å²) in [6.45, 7) is 4.01. The van der Waals surface area contributed by atoms with Gasteiger partial charge in [-0.05, 0) is 31.2 Å². The van der Waals surface area contributed by atoms with Gasteiger partial charge in [0.05, 0.1) is 18.8 Å². The van der Waals surface area contributed by atoms with E-state index in [1.165, 1.54) is 30.6 Å². The summed E-state index contributed by atoms with van der Waals surface area (Å²) >= 11 is 1.83. The van der Waals surface area contributed by atoms with Crippen LogP contribution < -0.4 is 5.73 Å². The van der Waals surface area contributed by atoms with Gasteiger partial charge in [-0.15, -0.1) is 11.3 Å². The molecule has 3 rings (SSSR count). The molecule has 2 heterocycles. The summed E-state index contributed by atoms with van der Waals surface area (Å²) in [5, 5.41) is 2.16. The van der Waals surface area contributed by atoms with Crippen LogP contribution in [0.15, 0.2) is 17.5 Å². The third kappa shape index (κ3) is 2.72. The Hall–Kier alpha value is -0.420. The van der Waals surface area contributed by atoms with Crippen LogP contribution in [-0.4, -0.2) is 36.2 Å². The van der Waals surface area contributed by atoms with Crippen molar-refractivity contribution < 1.29 is 4.74 Å². The van der Waals surface area contributed by atoms with Crippen molar-refractivity contribution in [3.05, 3.63) is 22.4 Å². The van der Waals surface area contributed by atoms with Gasteiger partial charge in [0.2, 0.25) is 0 Å². The van der Waals surface area contributed by atoms with E-state index in [9.17, 15) is 0 Å². The Morgan fingerprint density at radius 3 is 3.00 bits per heavy atom. The van der Waals surface area contributed by atoms with Crippen LogP contribution >= 0.6 is 11.3 Å². The van der Waals surface area contributed by atoms with Crippen LogP contribution in [0.1, 0.15) is 43.5 Å². The van der Waals surface area contributed by atoms with Crippen LogP contribution in [0.4, 0.5) is 0 Å². The highest BCUT2D eigenvalue weighted by molar-refractivity contribution is 7.10. The Morgan fingerprint density at radius 1 is 1.42 bits per heavy atom. The van der Waals surface area contributed by atoms with Gasteiger partial charge in [-0.2, -0.15) is 0 Å². The molecule has 0 aromatic carbocycles. The minimum atomic E-state index is 0.166. The van der Waals surface area contributed by atoms with Crippen LogP contribution in [0.3, 0.4) is 0 Å². The Labute approximate surface area is 119 Å². The van der Waals surface area contributed by atoms with E-state index in [0.29, 0.717) is 18.2 Å². The van der Waals surface area contributed by atoms with E-state index in [1.54, 1.807) is 0 Å². The molecule has 1 aliphatic carbocycles. The molecule has 3 nitrogen and oxygen atoms in total. The molecule has 0 bridgehead atoms. The van der Waals surface area contributed by atoms with Gasteiger partial charge in [-0.3, -0.25) is 4.90 Å². The van der Waals surface area contributed by atoms with Gasteiger partial charge in [-0.25, -0.2) is 0 Å². The third-order valence-corrected chi connectivity index (χ3v) is 5.41. The van der Waals surface area contributed by atoms with Crippen molar-refractivity contribution in [1.29, 1.82) is 0 Å². The smallest absolute Gasteiger partial charge is 0.0731 e. The molecule has 4 heteroatoms. The van der Waals surface area contributed by atoms with Gasteiger partial charge in [0.15, 0.2) is 0 Å². The van der Waals surface area contributed by atoms with Gasteiger partial charge in [0, 0.05) is 23.5 Å². The lowest BCUT2D eigenvalue weighted by atomic mass is 9.88. The van der Waals surface area contributed by atoms with E-state index in [2.05, 4.69) is 29.3 Å². The van der Waals surface area contributed by atoms with Crippen molar-refractivity contribution in [3.8, 4) is 0 Å². The van der Waals surface area contributed by atoms with Gasteiger partial charge >= 0.3 is 0 Å². The fourth-order valence-electron chi connectivity index (χ4n) is 3.66. The first-order valence-corrected chi connectivity index (χ1v) is 8.31. The molecule has 106 valence electrons. The summed E-state index contributed by atoms with van der Waals surface area (Å²) in [6.07, 6.45) is 5.56. The zero-order valence-corrected chi connectivity index (χ0v) is 12.4. The van der Waals surface area contributed by atoms with Crippen LogP contribution in [0.2, 0.25) is 0 Å². The molecule has 4 atom stereocenters. The van der Waals surface area contributed by atoms with Crippen LogP contribution in [0.5, 0.6) is 0 Å². The van der Waals surface area contributed by atoms with Crippen molar-refractivity contribution >= 4 is 11.3 Å². The van der Waals surface area contributed by atoms with Crippen molar-refractivity contribution in [1.82, 2.24) is 4.90 Å². The maximum Gasteiger partial charge on any atom is 0.0731 e. The number of rotatable bonds is 3. The summed E-state index contributed by atoms with van der Waals surface area (Å²) in [7, 11) is 0. The molecule has 1 aliphatic heterocycles. The number of hydrogen-bond acceptors (Lipinski definition) is 4. The highest BCUT2D eigenvalue weighted by atomic mass is 32.1. The number of ether oxygens (including phenoxy) is 1. The summed E-state index contributed by atoms with van der Waals surface area (Å²) in [5.74, 6) is 0. The number of morpholine rings is 1. The average Bonchev–Trinajstić information content (AvgIpc) is 2.93. The highest BCUT2D eigenvalue weighted by Gasteiger charge is 2.39. The van der Waals surface area contributed by atoms with Crippen LogP contribution in [0, 0.1) is 0 Å². The zero-order chi connectivity index (χ0) is 13.2. The van der Waals surface area contributed by atoms with Crippen LogP contribution in [-0.2, 0) is 4.74 Å². The van der Waals surface area contributed by atoms with Gasteiger partial charge < -0.3 is 10.5 Å². The van der Waals surface area contributed by atoms with E-state index in [4.69, 9.17) is 10.5 Å². The maximum absolute atomic E-state index is 6.30. The van der Waals surface area contributed by atoms with Crippen molar-refractivity contribution in [2.75, 3.05) is 13.2 Å². The monoisotopic (exact) mass is 280 g/mol. The number of hydrogen-bond donors (Lipinski definition) is 1. The third-order valence-electron chi connectivity index (χ3n) is 4.47.